The number of ether oxygens (including phenoxy) is 4. The molecule has 0 aliphatic carbocycles. The number of unbranched alkanes of at least 4 members (excludes halogenated alkanes) is 42. The third kappa shape index (κ3) is 36.2. The monoisotopic (exact) mass is 1130 g/mol. The molecule has 14 heteroatoms. The number of allylic oxidation sites excluding steroid dienone is 1. The molecule has 2 aliphatic heterocycles. The minimum absolute atomic E-state index is 0.233. The lowest BCUT2D eigenvalue weighted by atomic mass is 9.97. The molecule has 0 aromatic carbocycles. The molecule has 12 atom stereocenters. The summed E-state index contributed by atoms with van der Waals surface area (Å²) in [5.41, 5.74) is 0. The van der Waals surface area contributed by atoms with Crippen molar-refractivity contribution in [2.75, 3.05) is 19.8 Å². The van der Waals surface area contributed by atoms with Gasteiger partial charge in [0.1, 0.15) is 48.8 Å². The quantitative estimate of drug-likeness (QED) is 0.0204. The summed E-state index contributed by atoms with van der Waals surface area (Å²) >= 11 is 0. The van der Waals surface area contributed by atoms with E-state index >= 15 is 0 Å². The minimum Gasteiger partial charge on any atom is -0.394 e. The van der Waals surface area contributed by atoms with Crippen LogP contribution in [-0.4, -0.2) is 140 Å². The summed E-state index contributed by atoms with van der Waals surface area (Å²) in [7, 11) is 0. The van der Waals surface area contributed by atoms with Crippen LogP contribution >= 0.6 is 0 Å². The first-order chi connectivity index (χ1) is 38.6. The predicted octanol–water partition coefficient (Wildman–Crippen LogP) is 12.6. The second kappa shape index (κ2) is 51.2. The van der Waals surface area contributed by atoms with Crippen LogP contribution in [0.4, 0.5) is 0 Å². The third-order valence-corrected chi connectivity index (χ3v) is 16.7. The maximum Gasteiger partial charge on any atom is 0.220 e. The topological polar surface area (TPSA) is 228 Å². The molecule has 0 aromatic rings. The molecular formula is C65H125NO13. The number of carbonyl (C=O) groups excluding carboxylic acids is 1. The van der Waals surface area contributed by atoms with E-state index in [4.69, 9.17) is 18.9 Å². The molecule has 0 radical (unpaired) electrons. The van der Waals surface area contributed by atoms with E-state index in [0.717, 1.165) is 38.5 Å². The average molecular weight is 1130 g/mol. The molecule has 2 heterocycles. The Hall–Kier alpha value is -1.27. The fraction of sp³-hybridized carbons (Fsp3) is 0.954. The van der Waals surface area contributed by atoms with Gasteiger partial charge in [0, 0.05) is 6.42 Å². The number of amides is 1. The van der Waals surface area contributed by atoms with Crippen molar-refractivity contribution in [1.82, 2.24) is 5.32 Å². The van der Waals surface area contributed by atoms with Crippen LogP contribution in [0.2, 0.25) is 0 Å². The van der Waals surface area contributed by atoms with E-state index in [1.54, 1.807) is 6.08 Å². The highest BCUT2D eigenvalue weighted by Gasteiger charge is 2.51. The SMILES string of the molecule is CCCCCCCCCCCC/C=C/C(O)C(COC1OC(CO)C(OC2OC(CO)C(O)C(O)C2O)C(O)C1O)NC(=O)CCCCCCCCCCCCCCCCCCCCCCCCCCCCCCCCCCC. The van der Waals surface area contributed by atoms with Crippen molar-refractivity contribution in [1.29, 1.82) is 0 Å². The summed E-state index contributed by atoms with van der Waals surface area (Å²) in [6.07, 6.45) is 44.4. The second-order valence-corrected chi connectivity index (χ2v) is 24.0. The lowest BCUT2D eigenvalue weighted by Gasteiger charge is -2.46. The molecule has 2 fully saturated rings. The first kappa shape index (κ1) is 73.8. The van der Waals surface area contributed by atoms with Gasteiger partial charge in [-0.1, -0.05) is 289 Å². The molecule has 9 N–H and O–H groups in total. The molecule has 468 valence electrons. The van der Waals surface area contributed by atoms with Crippen molar-refractivity contribution >= 4 is 5.91 Å². The zero-order valence-corrected chi connectivity index (χ0v) is 50.6. The zero-order valence-electron chi connectivity index (χ0n) is 50.6. The van der Waals surface area contributed by atoms with Crippen LogP contribution in [0.1, 0.15) is 303 Å². The maximum atomic E-state index is 13.3. The molecular weight excluding hydrogens is 1000 g/mol. The van der Waals surface area contributed by atoms with Crippen LogP contribution < -0.4 is 5.32 Å². The Bertz CT molecular complexity index is 1380. The molecule has 0 spiro atoms. The van der Waals surface area contributed by atoms with Crippen molar-refractivity contribution in [2.45, 2.75) is 376 Å². The first-order valence-corrected chi connectivity index (χ1v) is 33.4. The highest BCUT2D eigenvalue weighted by molar-refractivity contribution is 5.76. The summed E-state index contributed by atoms with van der Waals surface area (Å²) in [5.74, 6) is -0.233. The molecule has 2 aliphatic rings. The first-order valence-electron chi connectivity index (χ1n) is 33.4. The summed E-state index contributed by atoms with van der Waals surface area (Å²) in [6, 6.07) is -0.909. The Kier molecular flexibility index (Phi) is 47.8. The Labute approximate surface area is 482 Å². The van der Waals surface area contributed by atoms with Crippen LogP contribution in [0.3, 0.4) is 0 Å². The van der Waals surface area contributed by atoms with E-state index in [0.29, 0.717) is 6.42 Å². The van der Waals surface area contributed by atoms with Gasteiger partial charge in [-0.2, -0.15) is 0 Å². The van der Waals surface area contributed by atoms with Gasteiger partial charge in [0.2, 0.25) is 5.91 Å². The van der Waals surface area contributed by atoms with Gasteiger partial charge in [0.25, 0.3) is 0 Å². The fourth-order valence-electron chi connectivity index (χ4n) is 11.4. The largest absolute Gasteiger partial charge is 0.394 e. The van der Waals surface area contributed by atoms with Crippen LogP contribution in [0.15, 0.2) is 12.2 Å². The summed E-state index contributed by atoms with van der Waals surface area (Å²) in [4.78, 5) is 13.3. The number of aliphatic hydroxyl groups is 8. The van der Waals surface area contributed by atoms with Gasteiger partial charge in [-0.25, -0.2) is 0 Å². The number of hydrogen-bond donors (Lipinski definition) is 9. The minimum atomic E-state index is -1.79. The predicted molar refractivity (Wildman–Crippen MR) is 319 cm³/mol. The van der Waals surface area contributed by atoms with Crippen LogP contribution in [0.5, 0.6) is 0 Å². The van der Waals surface area contributed by atoms with Gasteiger partial charge in [0.15, 0.2) is 12.6 Å². The Morgan fingerprint density at radius 1 is 0.443 bits per heavy atom. The fourth-order valence-corrected chi connectivity index (χ4v) is 11.4. The standard InChI is InChI=1S/C65H125NO13/c1-3-5-7-9-11-13-15-17-18-19-20-21-22-23-24-25-26-27-28-29-30-31-32-33-34-35-36-37-39-41-43-45-47-49-57(70)66-53(54(69)48-46-44-42-40-38-16-14-12-10-8-6-4-2)52-76-64-62(75)60(73)63(56(51-68)78-64)79-65-61(74)59(72)58(71)55(50-67)77-65/h46,48,53-56,58-65,67-69,71-75H,3-45,47,49-52H2,1-2H3,(H,66,70)/b48-46+. The molecule has 0 saturated carbocycles. The molecule has 14 nitrogen and oxygen atoms in total. The van der Waals surface area contributed by atoms with Crippen LogP contribution in [0.25, 0.3) is 0 Å². The molecule has 0 aromatic heterocycles. The van der Waals surface area contributed by atoms with Crippen molar-refractivity contribution in [3.8, 4) is 0 Å². The van der Waals surface area contributed by atoms with Crippen molar-refractivity contribution in [2.24, 2.45) is 0 Å². The lowest BCUT2D eigenvalue weighted by molar-refractivity contribution is -0.359. The Morgan fingerprint density at radius 2 is 0.785 bits per heavy atom. The van der Waals surface area contributed by atoms with E-state index in [1.807, 2.05) is 6.08 Å². The van der Waals surface area contributed by atoms with Gasteiger partial charge in [-0.3, -0.25) is 4.79 Å². The molecule has 2 rings (SSSR count). The van der Waals surface area contributed by atoms with Gasteiger partial charge in [-0.05, 0) is 19.3 Å². The Balaban J connectivity index is 1.59. The molecule has 2 saturated heterocycles. The van der Waals surface area contributed by atoms with E-state index in [1.165, 1.54) is 238 Å². The van der Waals surface area contributed by atoms with Gasteiger partial charge >= 0.3 is 0 Å². The normalized spacial score (nSPS) is 24.4. The highest BCUT2D eigenvalue weighted by atomic mass is 16.7. The van der Waals surface area contributed by atoms with Crippen LogP contribution in [0, 0.1) is 0 Å². The lowest BCUT2D eigenvalue weighted by Crippen LogP contribution is -2.65. The van der Waals surface area contributed by atoms with Gasteiger partial charge < -0.3 is 65.1 Å². The summed E-state index contributed by atoms with van der Waals surface area (Å²) < 4.78 is 22.8. The molecule has 0 bridgehead atoms. The number of aliphatic hydroxyl groups excluding tert-OH is 8. The summed E-state index contributed by atoms with van der Waals surface area (Å²) in [6.45, 7) is 2.82. The second-order valence-electron chi connectivity index (χ2n) is 24.0. The average Bonchev–Trinajstić information content (AvgIpc) is 3.48. The zero-order chi connectivity index (χ0) is 57.4. The maximum absolute atomic E-state index is 13.3. The van der Waals surface area contributed by atoms with Crippen molar-refractivity contribution in [3.05, 3.63) is 12.2 Å². The van der Waals surface area contributed by atoms with Gasteiger partial charge in [0.05, 0.1) is 32.0 Å². The van der Waals surface area contributed by atoms with E-state index in [2.05, 4.69) is 19.2 Å². The number of carbonyl (C=O) groups is 1. The van der Waals surface area contributed by atoms with Crippen molar-refractivity contribution in [3.63, 3.8) is 0 Å². The van der Waals surface area contributed by atoms with E-state index in [-0.39, 0.29) is 18.9 Å². The highest BCUT2D eigenvalue weighted by Crippen LogP contribution is 2.30. The smallest absolute Gasteiger partial charge is 0.220 e. The Morgan fingerprint density at radius 3 is 1.16 bits per heavy atom. The van der Waals surface area contributed by atoms with Gasteiger partial charge in [-0.15, -0.1) is 0 Å². The number of hydrogen-bond acceptors (Lipinski definition) is 13. The molecule has 12 unspecified atom stereocenters. The summed E-state index contributed by atoms with van der Waals surface area (Å²) in [5, 5.41) is 87.1. The number of rotatable bonds is 55. The number of nitrogens with one attached hydrogen (secondary N) is 1. The third-order valence-electron chi connectivity index (χ3n) is 16.7. The molecule has 79 heavy (non-hydrogen) atoms. The van der Waals surface area contributed by atoms with E-state index < -0.39 is 86.8 Å². The molecule has 1 amide bonds. The van der Waals surface area contributed by atoms with Crippen LogP contribution in [-0.2, 0) is 23.7 Å². The van der Waals surface area contributed by atoms with E-state index in [9.17, 15) is 45.6 Å². The van der Waals surface area contributed by atoms with Crippen molar-refractivity contribution < 1.29 is 64.6 Å².